The van der Waals surface area contributed by atoms with Gasteiger partial charge in [0.05, 0.1) is 5.92 Å². The van der Waals surface area contributed by atoms with Gasteiger partial charge in [-0.25, -0.2) is 8.42 Å². The number of amides is 1. The summed E-state index contributed by atoms with van der Waals surface area (Å²) in [5.41, 5.74) is 2.97. The summed E-state index contributed by atoms with van der Waals surface area (Å²) in [5, 5.41) is 6.81. The monoisotopic (exact) mass is 465 g/mol. The Hall–Kier alpha value is -3.23. The molecule has 2 aromatic carbocycles. The molecule has 1 aromatic heterocycles. The number of nitrogens with zero attached hydrogens (tertiary/aromatic N) is 2. The van der Waals surface area contributed by atoms with E-state index in [2.05, 4.69) is 10.5 Å². The van der Waals surface area contributed by atoms with Crippen molar-refractivity contribution in [3.8, 4) is 0 Å². The van der Waals surface area contributed by atoms with Crippen LogP contribution in [0.15, 0.2) is 64.0 Å². The van der Waals surface area contributed by atoms with Gasteiger partial charge in [0.25, 0.3) is 0 Å². The summed E-state index contributed by atoms with van der Waals surface area (Å²) in [7, 11) is -3.88. The maximum Gasteiger partial charge on any atom is 0.248 e. The van der Waals surface area contributed by atoms with Crippen LogP contribution in [-0.2, 0) is 14.8 Å². The van der Waals surface area contributed by atoms with E-state index in [9.17, 15) is 13.2 Å². The molecule has 7 nitrogen and oxygen atoms in total. The summed E-state index contributed by atoms with van der Waals surface area (Å²) in [5.74, 6) is -0.424. The van der Waals surface area contributed by atoms with Crippen LogP contribution in [-0.4, -0.2) is 36.9 Å². The molecule has 172 valence electrons. The lowest BCUT2D eigenvalue weighted by atomic mass is 9.98. The Bertz CT molecular complexity index is 1270. The molecule has 1 atom stereocenters. The Morgan fingerprint density at radius 2 is 1.91 bits per heavy atom. The first-order valence-electron chi connectivity index (χ1n) is 10.9. The zero-order valence-corrected chi connectivity index (χ0v) is 19.5. The SMILES string of the molecule is Cc1cccc(NC(=O)[C@H]2CCCN(S(=O)(=O)c3c(C)noc3/C=C/c3ccccc3)C2)c1. The van der Waals surface area contributed by atoms with Crippen molar-refractivity contribution >= 4 is 33.8 Å². The van der Waals surface area contributed by atoms with Gasteiger partial charge in [0.2, 0.25) is 15.9 Å². The van der Waals surface area contributed by atoms with Gasteiger partial charge in [0.15, 0.2) is 10.7 Å². The van der Waals surface area contributed by atoms with Gasteiger partial charge in [0.1, 0.15) is 5.69 Å². The molecule has 0 spiro atoms. The van der Waals surface area contributed by atoms with Crippen molar-refractivity contribution in [1.29, 1.82) is 0 Å². The molecule has 0 bridgehead atoms. The first kappa shape index (κ1) is 22.9. The molecule has 0 radical (unpaired) electrons. The van der Waals surface area contributed by atoms with Crippen LogP contribution >= 0.6 is 0 Å². The number of sulfonamides is 1. The number of rotatable bonds is 6. The second-order valence-electron chi connectivity index (χ2n) is 8.27. The summed E-state index contributed by atoms with van der Waals surface area (Å²) in [6, 6.07) is 17.1. The number of piperidine rings is 1. The van der Waals surface area contributed by atoms with E-state index in [1.165, 1.54) is 4.31 Å². The summed E-state index contributed by atoms with van der Waals surface area (Å²) < 4.78 is 33.8. The smallest absolute Gasteiger partial charge is 0.248 e. The number of benzene rings is 2. The maximum absolute atomic E-state index is 13.5. The molecule has 0 unspecified atom stereocenters. The standard InChI is InChI=1S/C25H27N3O4S/c1-18-8-6-12-22(16-18)26-25(29)21-11-7-15-28(17-21)33(30,31)24-19(2)27-32-23(24)14-13-20-9-4-3-5-10-20/h3-6,8-10,12-14,16,21H,7,11,15,17H2,1-2H3,(H,26,29)/b14-13+/t21-/m0/s1. The molecule has 1 fully saturated rings. The molecule has 1 aliphatic heterocycles. The van der Waals surface area contributed by atoms with Crippen LogP contribution in [0.25, 0.3) is 12.2 Å². The van der Waals surface area contributed by atoms with E-state index in [4.69, 9.17) is 4.52 Å². The Balaban J connectivity index is 1.53. The first-order valence-corrected chi connectivity index (χ1v) is 12.4. The molecule has 1 N–H and O–H groups in total. The third-order valence-electron chi connectivity index (χ3n) is 5.70. The fraction of sp³-hybridized carbons (Fsp3) is 0.280. The highest BCUT2D eigenvalue weighted by molar-refractivity contribution is 7.89. The van der Waals surface area contributed by atoms with E-state index in [-0.39, 0.29) is 23.1 Å². The van der Waals surface area contributed by atoms with E-state index < -0.39 is 15.9 Å². The molecule has 33 heavy (non-hydrogen) atoms. The van der Waals surface area contributed by atoms with Crippen molar-refractivity contribution in [2.24, 2.45) is 5.92 Å². The molecule has 0 aliphatic carbocycles. The third kappa shape index (κ3) is 5.23. The van der Waals surface area contributed by atoms with Crippen molar-refractivity contribution in [3.63, 3.8) is 0 Å². The van der Waals surface area contributed by atoms with Crippen LogP contribution in [0.1, 0.15) is 35.4 Å². The number of anilines is 1. The van der Waals surface area contributed by atoms with E-state index in [1.54, 1.807) is 19.1 Å². The molecule has 2 heterocycles. The van der Waals surface area contributed by atoms with Gasteiger partial charge in [-0.1, -0.05) is 53.7 Å². The fourth-order valence-corrected chi connectivity index (χ4v) is 5.78. The average molecular weight is 466 g/mol. The van der Waals surface area contributed by atoms with Crippen molar-refractivity contribution in [2.45, 2.75) is 31.6 Å². The minimum atomic E-state index is -3.88. The first-order chi connectivity index (χ1) is 15.8. The lowest BCUT2D eigenvalue weighted by Gasteiger charge is -2.31. The minimum Gasteiger partial charge on any atom is -0.355 e. The Kier molecular flexibility index (Phi) is 6.76. The molecule has 1 aliphatic rings. The molecule has 1 amide bonds. The van der Waals surface area contributed by atoms with Gasteiger partial charge in [0, 0.05) is 18.8 Å². The molecular weight excluding hydrogens is 438 g/mol. The highest BCUT2D eigenvalue weighted by Crippen LogP contribution is 2.29. The normalized spacial score (nSPS) is 17.3. The summed E-state index contributed by atoms with van der Waals surface area (Å²) in [6.45, 7) is 4.03. The predicted molar refractivity (Wildman–Crippen MR) is 128 cm³/mol. The van der Waals surface area contributed by atoms with Crippen molar-refractivity contribution in [3.05, 3.63) is 77.2 Å². The van der Waals surface area contributed by atoms with Crippen molar-refractivity contribution in [1.82, 2.24) is 9.46 Å². The van der Waals surface area contributed by atoms with Crippen LogP contribution in [0.4, 0.5) is 5.69 Å². The largest absolute Gasteiger partial charge is 0.355 e. The van der Waals surface area contributed by atoms with Crippen LogP contribution in [0.3, 0.4) is 0 Å². The highest BCUT2D eigenvalue weighted by atomic mass is 32.2. The van der Waals surface area contributed by atoms with Crippen LogP contribution in [0.2, 0.25) is 0 Å². The van der Waals surface area contributed by atoms with Gasteiger partial charge in [-0.15, -0.1) is 0 Å². The van der Waals surface area contributed by atoms with E-state index in [0.29, 0.717) is 30.8 Å². The van der Waals surface area contributed by atoms with Gasteiger partial charge in [-0.05, 0) is 56.0 Å². The van der Waals surface area contributed by atoms with Crippen molar-refractivity contribution < 1.29 is 17.7 Å². The highest BCUT2D eigenvalue weighted by Gasteiger charge is 2.36. The van der Waals surface area contributed by atoms with E-state index in [1.807, 2.05) is 61.5 Å². The second kappa shape index (κ2) is 9.72. The fourth-order valence-electron chi connectivity index (χ4n) is 4.01. The summed E-state index contributed by atoms with van der Waals surface area (Å²) >= 11 is 0. The minimum absolute atomic E-state index is 0.0504. The number of hydrogen-bond acceptors (Lipinski definition) is 5. The van der Waals surface area contributed by atoms with Crippen molar-refractivity contribution in [2.75, 3.05) is 18.4 Å². The van der Waals surface area contributed by atoms with E-state index >= 15 is 0 Å². The summed E-state index contributed by atoms with van der Waals surface area (Å²) in [6.07, 6.45) is 4.64. The Morgan fingerprint density at radius 1 is 1.12 bits per heavy atom. The number of hydrogen-bond donors (Lipinski definition) is 1. The number of aromatic nitrogens is 1. The number of carbonyl (C=O) groups excluding carboxylic acids is 1. The van der Waals surface area contributed by atoms with Gasteiger partial charge in [-0.2, -0.15) is 4.31 Å². The topological polar surface area (TPSA) is 92.5 Å². The molecule has 4 rings (SSSR count). The molecule has 3 aromatic rings. The lowest BCUT2D eigenvalue weighted by Crippen LogP contribution is -2.43. The zero-order chi connectivity index (χ0) is 23.4. The maximum atomic E-state index is 13.5. The van der Waals surface area contributed by atoms with E-state index in [0.717, 1.165) is 11.1 Å². The van der Waals surface area contributed by atoms with Crippen LogP contribution in [0, 0.1) is 19.8 Å². The lowest BCUT2D eigenvalue weighted by molar-refractivity contribution is -0.120. The van der Waals surface area contributed by atoms with Gasteiger partial charge < -0.3 is 9.84 Å². The zero-order valence-electron chi connectivity index (χ0n) is 18.7. The Labute approximate surface area is 194 Å². The van der Waals surface area contributed by atoms with Crippen LogP contribution < -0.4 is 5.32 Å². The van der Waals surface area contributed by atoms with Gasteiger partial charge in [-0.3, -0.25) is 4.79 Å². The van der Waals surface area contributed by atoms with Gasteiger partial charge >= 0.3 is 0 Å². The predicted octanol–water partition coefficient (Wildman–Crippen LogP) is 4.50. The quantitative estimate of drug-likeness (QED) is 0.579. The number of aryl methyl sites for hydroxylation is 2. The third-order valence-corrected chi connectivity index (χ3v) is 7.72. The molecule has 8 heteroatoms. The second-order valence-corrected chi connectivity index (χ2v) is 10.1. The summed E-state index contributed by atoms with van der Waals surface area (Å²) in [4.78, 5) is 12.9. The molecular formula is C25H27N3O4S. The molecule has 1 saturated heterocycles. The Morgan fingerprint density at radius 3 is 2.67 bits per heavy atom. The average Bonchev–Trinajstić information content (AvgIpc) is 3.19. The number of carbonyl (C=O) groups is 1. The molecule has 0 saturated carbocycles. The number of nitrogens with one attached hydrogen (secondary N) is 1. The van der Waals surface area contributed by atoms with Crippen LogP contribution in [0.5, 0.6) is 0 Å².